The molecule has 1 aliphatic rings. The number of halogens is 1. The second kappa shape index (κ2) is 6.66. The molecule has 1 aromatic heterocycles. The molecule has 2 aromatic carbocycles. The third kappa shape index (κ3) is 3.35. The van der Waals surface area contributed by atoms with Crippen molar-refractivity contribution >= 4 is 28.3 Å². The van der Waals surface area contributed by atoms with Crippen LogP contribution in [0, 0.1) is 0 Å². The molecule has 0 N–H and O–H groups in total. The SMILES string of the molecule is CC1CN(c2nc3ccccc3cc2-c2ccc(Cl)cc2)CC(C)O1. The van der Waals surface area contributed by atoms with Crippen LogP contribution in [0.5, 0.6) is 0 Å². The number of rotatable bonds is 2. The number of hydrogen-bond acceptors (Lipinski definition) is 3. The van der Waals surface area contributed by atoms with Gasteiger partial charge in [0, 0.05) is 29.1 Å². The summed E-state index contributed by atoms with van der Waals surface area (Å²) in [6, 6.07) is 18.5. The van der Waals surface area contributed by atoms with Gasteiger partial charge in [-0.3, -0.25) is 0 Å². The molecule has 4 heteroatoms. The van der Waals surface area contributed by atoms with Crippen molar-refractivity contribution < 1.29 is 4.74 Å². The van der Waals surface area contributed by atoms with Crippen LogP contribution in [0.3, 0.4) is 0 Å². The zero-order valence-electron chi connectivity index (χ0n) is 14.4. The minimum absolute atomic E-state index is 0.190. The molecule has 2 heterocycles. The maximum atomic E-state index is 6.08. The van der Waals surface area contributed by atoms with Crippen LogP contribution in [-0.4, -0.2) is 30.3 Å². The Morgan fingerprint density at radius 3 is 2.40 bits per heavy atom. The highest BCUT2D eigenvalue weighted by molar-refractivity contribution is 6.30. The van der Waals surface area contributed by atoms with E-state index in [1.807, 2.05) is 24.3 Å². The molecule has 3 aromatic rings. The number of nitrogens with zero attached hydrogens (tertiary/aromatic N) is 2. The van der Waals surface area contributed by atoms with Crippen molar-refractivity contribution in [1.29, 1.82) is 0 Å². The molecule has 0 amide bonds. The number of morpholine rings is 1. The molecule has 128 valence electrons. The number of ether oxygens (including phenoxy) is 1. The van der Waals surface area contributed by atoms with E-state index < -0.39 is 0 Å². The van der Waals surface area contributed by atoms with E-state index in [0.717, 1.165) is 46.0 Å². The molecule has 1 saturated heterocycles. The van der Waals surface area contributed by atoms with Crippen LogP contribution in [-0.2, 0) is 4.74 Å². The molecule has 25 heavy (non-hydrogen) atoms. The number of para-hydroxylation sites is 1. The summed E-state index contributed by atoms with van der Waals surface area (Å²) >= 11 is 6.08. The number of benzene rings is 2. The first-order chi connectivity index (χ1) is 12.1. The number of hydrogen-bond donors (Lipinski definition) is 0. The van der Waals surface area contributed by atoms with E-state index in [4.69, 9.17) is 21.3 Å². The summed E-state index contributed by atoms with van der Waals surface area (Å²) in [5, 5.41) is 1.89. The Hall–Kier alpha value is -2.10. The molecule has 2 atom stereocenters. The number of fused-ring (bicyclic) bond motifs is 1. The topological polar surface area (TPSA) is 25.4 Å². The molecule has 0 bridgehead atoms. The van der Waals surface area contributed by atoms with Crippen molar-refractivity contribution in [2.75, 3.05) is 18.0 Å². The van der Waals surface area contributed by atoms with Gasteiger partial charge in [0.1, 0.15) is 5.82 Å². The highest BCUT2D eigenvalue weighted by atomic mass is 35.5. The van der Waals surface area contributed by atoms with Crippen molar-refractivity contribution in [2.45, 2.75) is 26.1 Å². The van der Waals surface area contributed by atoms with Gasteiger partial charge in [0.2, 0.25) is 0 Å². The second-order valence-corrected chi connectivity index (χ2v) is 7.16. The molecule has 0 radical (unpaired) electrons. The predicted octanol–water partition coefficient (Wildman–Crippen LogP) is 5.17. The van der Waals surface area contributed by atoms with Gasteiger partial charge < -0.3 is 9.64 Å². The minimum Gasteiger partial charge on any atom is -0.372 e. The molecule has 4 rings (SSSR count). The Balaban J connectivity index is 1.88. The van der Waals surface area contributed by atoms with Crippen molar-refractivity contribution in [3.8, 4) is 11.1 Å². The Labute approximate surface area is 153 Å². The van der Waals surface area contributed by atoms with E-state index in [1.54, 1.807) is 0 Å². The summed E-state index contributed by atoms with van der Waals surface area (Å²) < 4.78 is 5.90. The highest BCUT2D eigenvalue weighted by Crippen LogP contribution is 2.34. The molecule has 0 aliphatic carbocycles. The molecule has 0 spiro atoms. The molecule has 1 fully saturated rings. The highest BCUT2D eigenvalue weighted by Gasteiger charge is 2.25. The second-order valence-electron chi connectivity index (χ2n) is 6.72. The van der Waals surface area contributed by atoms with Gasteiger partial charge in [0.05, 0.1) is 17.7 Å². The summed E-state index contributed by atoms with van der Waals surface area (Å²) in [5.74, 6) is 1.02. The normalized spacial score (nSPS) is 20.8. The molecule has 2 unspecified atom stereocenters. The Kier molecular flexibility index (Phi) is 4.36. The molecule has 0 saturated carbocycles. The summed E-state index contributed by atoms with van der Waals surface area (Å²) in [6.07, 6.45) is 0.380. The average molecular weight is 353 g/mol. The zero-order valence-corrected chi connectivity index (χ0v) is 15.2. The third-order valence-electron chi connectivity index (χ3n) is 4.58. The fourth-order valence-electron chi connectivity index (χ4n) is 3.54. The first-order valence-corrected chi connectivity index (χ1v) is 9.04. The van der Waals surface area contributed by atoms with E-state index in [1.165, 1.54) is 0 Å². The van der Waals surface area contributed by atoms with Gasteiger partial charge in [-0.1, -0.05) is 41.9 Å². The van der Waals surface area contributed by atoms with Gasteiger partial charge in [0.25, 0.3) is 0 Å². The van der Waals surface area contributed by atoms with Gasteiger partial charge in [-0.15, -0.1) is 0 Å². The smallest absolute Gasteiger partial charge is 0.137 e. The van der Waals surface area contributed by atoms with Crippen LogP contribution in [0.2, 0.25) is 5.02 Å². The first-order valence-electron chi connectivity index (χ1n) is 8.66. The van der Waals surface area contributed by atoms with E-state index >= 15 is 0 Å². The van der Waals surface area contributed by atoms with Crippen molar-refractivity contribution in [2.24, 2.45) is 0 Å². The van der Waals surface area contributed by atoms with Gasteiger partial charge in [-0.2, -0.15) is 0 Å². The van der Waals surface area contributed by atoms with E-state index in [9.17, 15) is 0 Å². The van der Waals surface area contributed by atoms with E-state index in [-0.39, 0.29) is 12.2 Å². The van der Waals surface area contributed by atoms with Crippen molar-refractivity contribution in [3.05, 3.63) is 59.6 Å². The van der Waals surface area contributed by atoms with E-state index in [0.29, 0.717) is 0 Å². The monoisotopic (exact) mass is 352 g/mol. The predicted molar refractivity (Wildman–Crippen MR) is 104 cm³/mol. The van der Waals surface area contributed by atoms with Crippen LogP contribution >= 0.6 is 11.6 Å². The summed E-state index contributed by atoms with van der Waals surface area (Å²) in [6.45, 7) is 5.92. The lowest BCUT2D eigenvalue weighted by molar-refractivity contribution is -0.00540. The lowest BCUT2D eigenvalue weighted by atomic mass is 10.0. The number of pyridine rings is 1. The van der Waals surface area contributed by atoms with Gasteiger partial charge in [-0.05, 0) is 43.7 Å². The maximum absolute atomic E-state index is 6.08. The summed E-state index contributed by atoms with van der Waals surface area (Å²) in [5.41, 5.74) is 3.28. The average Bonchev–Trinajstić information content (AvgIpc) is 2.60. The third-order valence-corrected chi connectivity index (χ3v) is 4.83. The standard InChI is InChI=1S/C21H21ClN2O/c1-14-12-24(13-15(2)25-14)21-19(16-7-9-18(22)10-8-16)11-17-5-3-4-6-20(17)23-21/h3-11,14-15H,12-13H2,1-2H3. The minimum atomic E-state index is 0.190. The number of anilines is 1. The van der Waals surface area contributed by atoms with Gasteiger partial charge >= 0.3 is 0 Å². The molecular weight excluding hydrogens is 332 g/mol. The first kappa shape index (κ1) is 16.4. The Bertz CT molecular complexity index is 884. The lowest BCUT2D eigenvalue weighted by Gasteiger charge is -2.37. The lowest BCUT2D eigenvalue weighted by Crippen LogP contribution is -2.46. The Morgan fingerprint density at radius 1 is 1.00 bits per heavy atom. The van der Waals surface area contributed by atoms with Crippen LogP contribution in [0.25, 0.3) is 22.0 Å². The van der Waals surface area contributed by atoms with Crippen LogP contribution in [0.4, 0.5) is 5.82 Å². The van der Waals surface area contributed by atoms with Crippen molar-refractivity contribution in [1.82, 2.24) is 4.98 Å². The van der Waals surface area contributed by atoms with Crippen molar-refractivity contribution in [3.63, 3.8) is 0 Å². The molecule has 1 aliphatic heterocycles. The fraction of sp³-hybridized carbons (Fsp3) is 0.286. The zero-order chi connectivity index (χ0) is 17.4. The molecule has 3 nitrogen and oxygen atoms in total. The largest absolute Gasteiger partial charge is 0.372 e. The Morgan fingerprint density at radius 2 is 1.68 bits per heavy atom. The summed E-state index contributed by atoms with van der Waals surface area (Å²) in [4.78, 5) is 7.35. The fourth-order valence-corrected chi connectivity index (χ4v) is 3.67. The van der Waals surface area contributed by atoms with Crippen LogP contribution in [0.15, 0.2) is 54.6 Å². The maximum Gasteiger partial charge on any atom is 0.137 e. The number of aromatic nitrogens is 1. The molecular formula is C21H21ClN2O. The summed E-state index contributed by atoms with van der Waals surface area (Å²) in [7, 11) is 0. The van der Waals surface area contributed by atoms with E-state index in [2.05, 4.69) is 49.1 Å². The quantitative estimate of drug-likeness (QED) is 0.636. The van der Waals surface area contributed by atoms with Gasteiger partial charge in [-0.25, -0.2) is 4.98 Å². The van der Waals surface area contributed by atoms with Crippen LogP contribution in [0.1, 0.15) is 13.8 Å². The van der Waals surface area contributed by atoms with Crippen LogP contribution < -0.4 is 4.90 Å². The van der Waals surface area contributed by atoms with Gasteiger partial charge in [0.15, 0.2) is 0 Å².